The molecule has 186 valence electrons. The summed E-state index contributed by atoms with van der Waals surface area (Å²) in [6.07, 6.45) is 5.57. The molecule has 2 N–H and O–H groups in total. The number of carbonyl (C=O) groups is 2. The molecule has 0 bridgehead atoms. The monoisotopic (exact) mass is 514 g/mol. The molecular formula is C27H23FN6O2S. The first-order chi connectivity index (χ1) is 17.8. The standard InChI is InChI=1S/C27H23FN6O2S/c1-16-4-8-20(12-22(16)18-5-11-25-31-24(29-17(2)35)15-33(25)14-18)30-27(36)23-13-26(37-3)34(32-23)21-9-6-19(28)7-10-21/h4-15H,1-3H3,(H,29,35)(H,30,36). The third-order valence-electron chi connectivity index (χ3n) is 5.75. The Morgan fingerprint density at radius 1 is 0.973 bits per heavy atom. The van der Waals surface area contributed by atoms with E-state index in [-0.39, 0.29) is 23.3 Å². The van der Waals surface area contributed by atoms with Gasteiger partial charge in [0, 0.05) is 24.9 Å². The van der Waals surface area contributed by atoms with Crippen molar-refractivity contribution in [3.63, 3.8) is 0 Å². The fraction of sp³-hybridized carbons (Fsp3) is 0.111. The van der Waals surface area contributed by atoms with Gasteiger partial charge in [-0.1, -0.05) is 6.07 Å². The van der Waals surface area contributed by atoms with Gasteiger partial charge in [0.25, 0.3) is 5.91 Å². The molecular weight excluding hydrogens is 491 g/mol. The van der Waals surface area contributed by atoms with E-state index < -0.39 is 0 Å². The first-order valence-electron chi connectivity index (χ1n) is 11.4. The molecule has 2 amide bonds. The quantitative estimate of drug-likeness (QED) is 0.289. The van der Waals surface area contributed by atoms with Crippen LogP contribution in [0.3, 0.4) is 0 Å². The number of anilines is 2. The van der Waals surface area contributed by atoms with Gasteiger partial charge in [0.1, 0.15) is 16.5 Å². The molecule has 0 spiro atoms. The maximum absolute atomic E-state index is 13.3. The van der Waals surface area contributed by atoms with Gasteiger partial charge in [0.2, 0.25) is 5.91 Å². The van der Waals surface area contributed by atoms with Crippen LogP contribution in [0.1, 0.15) is 23.0 Å². The Morgan fingerprint density at radius 3 is 2.49 bits per heavy atom. The minimum Gasteiger partial charge on any atom is -0.321 e. The molecule has 0 fully saturated rings. The number of nitrogens with one attached hydrogen (secondary N) is 2. The van der Waals surface area contributed by atoms with E-state index in [0.717, 1.165) is 21.7 Å². The number of benzene rings is 2. The molecule has 0 aliphatic rings. The Morgan fingerprint density at radius 2 is 1.76 bits per heavy atom. The summed E-state index contributed by atoms with van der Waals surface area (Å²) < 4.78 is 16.8. The lowest BCUT2D eigenvalue weighted by Gasteiger charge is -2.10. The van der Waals surface area contributed by atoms with Crippen molar-refractivity contribution < 1.29 is 14.0 Å². The third kappa shape index (κ3) is 5.10. The lowest BCUT2D eigenvalue weighted by atomic mass is 10.0. The van der Waals surface area contributed by atoms with Gasteiger partial charge in [-0.15, -0.1) is 11.8 Å². The minimum absolute atomic E-state index is 0.185. The van der Waals surface area contributed by atoms with Crippen molar-refractivity contribution in [1.82, 2.24) is 19.2 Å². The highest BCUT2D eigenvalue weighted by Crippen LogP contribution is 2.28. The Labute approximate surface area is 216 Å². The molecule has 0 aliphatic carbocycles. The number of hydrogen-bond donors (Lipinski definition) is 2. The number of imidazole rings is 1. The molecule has 5 aromatic rings. The van der Waals surface area contributed by atoms with Gasteiger partial charge in [-0.3, -0.25) is 9.59 Å². The molecule has 5 rings (SSSR count). The number of thioether (sulfide) groups is 1. The van der Waals surface area contributed by atoms with Crippen LogP contribution in [-0.2, 0) is 4.79 Å². The third-order valence-corrected chi connectivity index (χ3v) is 6.46. The van der Waals surface area contributed by atoms with Crippen LogP contribution in [0, 0.1) is 12.7 Å². The predicted molar refractivity (Wildman–Crippen MR) is 143 cm³/mol. The second-order valence-corrected chi connectivity index (χ2v) is 9.26. The molecule has 0 radical (unpaired) electrons. The van der Waals surface area contributed by atoms with E-state index in [9.17, 15) is 14.0 Å². The van der Waals surface area contributed by atoms with E-state index in [2.05, 4.69) is 20.7 Å². The average molecular weight is 515 g/mol. The highest BCUT2D eigenvalue weighted by atomic mass is 32.2. The van der Waals surface area contributed by atoms with Crippen molar-refractivity contribution in [2.24, 2.45) is 0 Å². The van der Waals surface area contributed by atoms with Crippen LogP contribution in [0.15, 0.2) is 78.1 Å². The first-order valence-corrected chi connectivity index (χ1v) is 12.6. The summed E-state index contributed by atoms with van der Waals surface area (Å²) in [4.78, 5) is 28.8. The van der Waals surface area contributed by atoms with E-state index >= 15 is 0 Å². The summed E-state index contributed by atoms with van der Waals surface area (Å²) in [6, 6.07) is 17.2. The Kier molecular flexibility index (Phi) is 6.49. The van der Waals surface area contributed by atoms with Crippen molar-refractivity contribution in [3.8, 4) is 16.8 Å². The van der Waals surface area contributed by atoms with E-state index in [1.165, 1.54) is 30.8 Å². The van der Waals surface area contributed by atoms with Crippen LogP contribution < -0.4 is 10.6 Å². The molecule has 0 unspecified atom stereocenters. The molecule has 0 aliphatic heterocycles. The average Bonchev–Trinajstić information content (AvgIpc) is 3.48. The zero-order valence-corrected chi connectivity index (χ0v) is 21.1. The van der Waals surface area contributed by atoms with Gasteiger partial charge in [0.05, 0.1) is 11.9 Å². The fourth-order valence-electron chi connectivity index (χ4n) is 3.99. The number of fused-ring (bicyclic) bond motifs is 1. The number of halogens is 1. The van der Waals surface area contributed by atoms with Crippen LogP contribution in [0.4, 0.5) is 15.9 Å². The Bertz CT molecular complexity index is 1640. The molecule has 3 heterocycles. The summed E-state index contributed by atoms with van der Waals surface area (Å²) in [6.45, 7) is 3.44. The summed E-state index contributed by atoms with van der Waals surface area (Å²) in [5.41, 5.74) is 5.15. The smallest absolute Gasteiger partial charge is 0.276 e. The molecule has 0 atom stereocenters. The van der Waals surface area contributed by atoms with Gasteiger partial charge >= 0.3 is 0 Å². The first kappa shape index (κ1) is 24.3. The van der Waals surface area contributed by atoms with E-state index in [4.69, 9.17) is 0 Å². The summed E-state index contributed by atoms with van der Waals surface area (Å²) >= 11 is 1.44. The number of nitrogens with zero attached hydrogens (tertiary/aromatic N) is 4. The van der Waals surface area contributed by atoms with E-state index in [1.807, 2.05) is 54.1 Å². The maximum atomic E-state index is 13.3. The molecule has 2 aromatic carbocycles. The molecule has 3 aromatic heterocycles. The number of carbonyl (C=O) groups excluding carboxylic acids is 2. The fourth-order valence-corrected chi connectivity index (χ4v) is 4.53. The molecule has 0 saturated heterocycles. The number of amides is 2. The minimum atomic E-state index is -0.351. The van der Waals surface area contributed by atoms with Gasteiger partial charge in [-0.05, 0) is 78.4 Å². The van der Waals surface area contributed by atoms with Crippen LogP contribution >= 0.6 is 11.8 Å². The SMILES string of the molecule is CSc1cc(C(=O)Nc2ccc(C)c(-c3ccc4nc(NC(C)=O)cn4c3)c2)nn1-c1ccc(F)cc1. The molecule has 10 heteroatoms. The van der Waals surface area contributed by atoms with Gasteiger partial charge in [-0.2, -0.15) is 5.10 Å². The number of aromatic nitrogens is 4. The van der Waals surface area contributed by atoms with Crippen LogP contribution in [0.2, 0.25) is 0 Å². The number of rotatable bonds is 6. The zero-order chi connectivity index (χ0) is 26.1. The number of aryl methyl sites for hydroxylation is 1. The summed E-state index contributed by atoms with van der Waals surface area (Å²) in [5, 5.41) is 10.8. The number of pyridine rings is 1. The molecule has 0 saturated carbocycles. The van der Waals surface area contributed by atoms with Crippen molar-refractivity contribution >= 4 is 40.7 Å². The van der Waals surface area contributed by atoms with Crippen molar-refractivity contribution in [2.75, 3.05) is 16.9 Å². The van der Waals surface area contributed by atoms with Crippen molar-refractivity contribution in [2.45, 2.75) is 18.9 Å². The zero-order valence-electron chi connectivity index (χ0n) is 20.3. The van der Waals surface area contributed by atoms with Crippen molar-refractivity contribution in [3.05, 3.63) is 90.1 Å². The Balaban J connectivity index is 1.41. The highest BCUT2D eigenvalue weighted by molar-refractivity contribution is 7.98. The molecule has 8 nitrogen and oxygen atoms in total. The van der Waals surface area contributed by atoms with Gasteiger partial charge < -0.3 is 15.0 Å². The molecule has 37 heavy (non-hydrogen) atoms. The topological polar surface area (TPSA) is 93.3 Å². The Hall–Kier alpha value is -4.44. The van der Waals surface area contributed by atoms with Gasteiger partial charge in [0.15, 0.2) is 11.5 Å². The normalized spacial score (nSPS) is 11.0. The lowest BCUT2D eigenvalue weighted by Crippen LogP contribution is -2.13. The second-order valence-electron chi connectivity index (χ2n) is 8.43. The lowest BCUT2D eigenvalue weighted by molar-refractivity contribution is -0.114. The second kappa shape index (κ2) is 9.90. The van der Waals surface area contributed by atoms with E-state index in [1.54, 1.807) is 29.1 Å². The highest BCUT2D eigenvalue weighted by Gasteiger charge is 2.16. The largest absolute Gasteiger partial charge is 0.321 e. The maximum Gasteiger partial charge on any atom is 0.276 e. The predicted octanol–water partition coefficient (Wildman–Crippen LogP) is 5.57. The summed E-state index contributed by atoms with van der Waals surface area (Å²) in [5.74, 6) is -0.395. The van der Waals surface area contributed by atoms with Crippen LogP contribution in [0.25, 0.3) is 22.5 Å². The summed E-state index contributed by atoms with van der Waals surface area (Å²) in [7, 11) is 0. The van der Waals surface area contributed by atoms with Crippen LogP contribution in [-0.4, -0.2) is 37.2 Å². The van der Waals surface area contributed by atoms with Gasteiger partial charge in [-0.25, -0.2) is 14.1 Å². The van der Waals surface area contributed by atoms with E-state index in [0.29, 0.717) is 22.8 Å². The number of hydrogen-bond acceptors (Lipinski definition) is 5. The van der Waals surface area contributed by atoms with Crippen LogP contribution in [0.5, 0.6) is 0 Å². The van der Waals surface area contributed by atoms with Crippen molar-refractivity contribution in [1.29, 1.82) is 0 Å².